The standard InChI is InChI=1S/C7H9N3O/c1-8-9-6-7-2-4-10(11)5-3-7/h2-6,11H,1H3. The van der Waals surface area contributed by atoms with Crippen LogP contribution in [0.3, 0.4) is 0 Å². The van der Waals surface area contributed by atoms with Crippen LogP contribution in [0.25, 0.3) is 0 Å². The van der Waals surface area contributed by atoms with Crippen molar-refractivity contribution in [3.63, 3.8) is 0 Å². The first kappa shape index (κ1) is 7.68. The molecule has 0 spiro atoms. The Morgan fingerprint density at radius 2 is 2.09 bits per heavy atom. The number of rotatable bonds is 1. The van der Waals surface area contributed by atoms with Crippen molar-refractivity contribution in [2.24, 2.45) is 10.2 Å². The minimum atomic E-state index is 0.904. The Morgan fingerprint density at radius 3 is 2.64 bits per heavy atom. The molecular formula is C7H9N3O. The lowest BCUT2D eigenvalue weighted by molar-refractivity contribution is 0.0105. The second-order valence-corrected chi connectivity index (χ2v) is 1.96. The number of hydroxylamine groups is 2. The van der Waals surface area contributed by atoms with E-state index in [1.54, 1.807) is 25.4 Å². The molecule has 1 rings (SSSR count). The van der Waals surface area contributed by atoms with Gasteiger partial charge in [0.15, 0.2) is 0 Å². The third-order valence-corrected chi connectivity index (χ3v) is 1.16. The van der Waals surface area contributed by atoms with Gasteiger partial charge in [-0.2, -0.15) is 10.2 Å². The third-order valence-electron chi connectivity index (χ3n) is 1.16. The average molecular weight is 151 g/mol. The molecule has 1 aliphatic heterocycles. The maximum Gasteiger partial charge on any atom is 0.0564 e. The molecule has 0 saturated heterocycles. The molecule has 0 radical (unpaired) electrons. The van der Waals surface area contributed by atoms with Crippen LogP contribution in [0, 0.1) is 0 Å². The molecule has 0 aromatic heterocycles. The van der Waals surface area contributed by atoms with Crippen LogP contribution in [-0.4, -0.2) is 17.3 Å². The maximum absolute atomic E-state index is 8.83. The quantitative estimate of drug-likeness (QED) is 0.579. The van der Waals surface area contributed by atoms with Gasteiger partial charge in [-0.3, -0.25) is 5.21 Å². The fourth-order valence-electron chi connectivity index (χ4n) is 0.641. The van der Waals surface area contributed by atoms with Gasteiger partial charge in [0.2, 0.25) is 0 Å². The van der Waals surface area contributed by atoms with Gasteiger partial charge in [-0.25, -0.2) is 5.06 Å². The van der Waals surface area contributed by atoms with Gasteiger partial charge in [-0.15, -0.1) is 0 Å². The fourth-order valence-corrected chi connectivity index (χ4v) is 0.641. The predicted molar refractivity (Wildman–Crippen MR) is 40.8 cm³/mol. The van der Waals surface area contributed by atoms with Crippen LogP contribution in [0.4, 0.5) is 0 Å². The molecule has 1 heterocycles. The normalized spacial score (nSPS) is 16.5. The Balaban J connectivity index is 2.64. The van der Waals surface area contributed by atoms with Gasteiger partial charge in [0, 0.05) is 19.4 Å². The molecule has 0 bridgehead atoms. The summed E-state index contributed by atoms with van der Waals surface area (Å²) in [4.78, 5) is 0. The highest BCUT2D eigenvalue weighted by atomic mass is 16.5. The molecule has 58 valence electrons. The summed E-state index contributed by atoms with van der Waals surface area (Å²) >= 11 is 0. The summed E-state index contributed by atoms with van der Waals surface area (Å²) in [5.41, 5.74) is 0.904. The van der Waals surface area contributed by atoms with E-state index in [1.807, 2.05) is 0 Å². The van der Waals surface area contributed by atoms with Crippen molar-refractivity contribution in [1.29, 1.82) is 0 Å². The first-order valence-corrected chi connectivity index (χ1v) is 3.15. The van der Waals surface area contributed by atoms with Crippen molar-refractivity contribution in [2.75, 3.05) is 7.05 Å². The summed E-state index contributed by atoms with van der Waals surface area (Å²) in [6.45, 7) is 0. The van der Waals surface area contributed by atoms with Crippen molar-refractivity contribution in [3.8, 4) is 0 Å². The summed E-state index contributed by atoms with van der Waals surface area (Å²) in [6, 6.07) is 0. The zero-order valence-electron chi connectivity index (χ0n) is 6.18. The van der Waals surface area contributed by atoms with Crippen molar-refractivity contribution >= 4 is 0 Å². The van der Waals surface area contributed by atoms with Crippen LogP contribution in [0.2, 0.25) is 0 Å². The number of hydrogen-bond acceptors (Lipinski definition) is 4. The number of allylic oxidation sites excluding steroid dienone is 3. The first-order valence-electron chi connectivity index (χ1n) is 3.15. The molecule has 0 saturated carbocycles. The number of hydrogen-bond donors (Lipinski definition) is 1. The molecule has 0 aromatic rings. The summed E-state index contributed by atoms with van der Waals surface area (Å²) in [6.07, 6.45) is 8.12. The maximum atomic E-state index is 8.83. The van der Waals surface area contributed by atoms with E-state index in [9.17, 15) is 0 Å². The van der Waals surface area contributed by atoms with Gasteiger partial charge >= 0.3 is 0 Å². The Hall–Kier alpha value is -1.42. The summed E-state index contributed by atoms with van der Waals surface area (Å²) in [5.74, 6) is 0. The second kappa shape index (κ2) is 3.68. The van der Waals surface area contributed by atoms with Crippen LogP contribution >= 0.6 is 0 Å². The molecule has 0 aliphatic carbocycles. The zero-order chi connectivity index (χ0) is 8.10. The van der Waals surface area contributed by atoms with Gasteiger partial charge in [0.05, 0.1) is 6.20 Å². The molecule has 0 unspecified atom stereocenters. The highest BCUT2D eigenvalue weighted by Gasteiger charge is 1.94. The van der Waals surface area contributed by atoms with E-state index in [-0.39, 0.29) is 0 Å². The van der Waals surface area contributed by atoms with E-state index in [1.165, 1.54) is 12.4 Å². The van der Waals surface area contributed by atoms with Crippen LogP contribution in [0.5, 0.6) is 0 Å². The Morgan fingerprint density at radius 1 is 1.45 bits per heavy atom. The van der Waals surface area contributed by atoms with Crippen molar-refractivity contribution in [2.45, 2.75) is 0 Å². The number of nitrogens with zero attached hydrogens (tertiary/aromatic N) is 3. The second-order valence-electron chi connectivity index (χ2n) is 1.96. The van der Waals surface area contributed by atoms with Gasteiger partial charge in [-0.05, 0) is 17.7 Å². The molecule has 4 nitrogen and oxygen atoms in total. The van der Waals surface area contributed by atoms with Crippen LogP contribution in [0.1, 0.15) is 0 Å². The molecule has 0 amide bonds. The lowest BCUT2D eigenvalue weighted by atomic mass is 10.2. The van der Waals surface area contributed by atoms with Crippen molar-refractivity contribution < 1.29 is 5.21 Å². The lowest BCUT2D eigenvalue weighted by Crippen LogP contribution is -2.03. The van der Waals surface area contributed by atoms with E-state index in [0.29, 0.717) is 0 Å². The van der Waals surface area contributed by atoms with E-state index in [4.69, 9.17) is 5.21 Å². The van der Waals surface area contributed by atoms with Crippen LogP contribution < -0.4 is 0 Å². The molecule has 1 aliphatic rings. The molecule has 0 fully saturated rings. The van der Waals surface area contributed by atoms with Crippen molar-refractivity contribution in [3.05, 3.63) is 36.3 Å². The molecule has 0 aromatic carbocycles. The predicted octanol–water partition coefficient (Wildman–Crippen LogP) is 1.68. The fraction of sp³-hybridized carbons (Fsp3) is 0.143. The van der Waals surface area contributed by atoms with E-state index >= 15 is 0 Å². The molecule has 11 heavy (non-hydrogen) atoms. The summed E-state index contributed by atoms with van der Waals surface area (Å²) in [7, 11) is 1.60. The molecular weight excluding hydrogens is 142 g/mol. The molecule has 1 N–H and O–H groups in total. The Bertz CT molecular complexity index is 224. The zero-order valence-corrected chi connectivity index (χ0v) is 6.18. The van der Waals surface area contributed by atoms with E-state index in [2.05, 4.69) is 10.2 Å². The van der Waals surface area contributed by atoms with E-state index in [0.717, 1.165) is 10.6 Å². The van der Waals surface area contributed by atoms with Crippen LogP contribution in [0.15, 0.2) is 46.6 Å². The number of azo groups is 1. The van der Waals surface area contributed by atoms with Crippen LogP contribution in [-0.2, 0) is 0 Å². The highest BCUT2D eigenvalue weighted by Crippen LogP contribution is 2.06. The van der Waals surface area contributed by atoms with E-state index < -0.39 is 0 Å². The minimum Gasteiger partial charge on any atom is -0.285 e. The third kappa shape index (κ3) is 2.35. The highest BCUT2D eigenvalue weighted by molar-refractivity contribution is 5.32. The topological polar surface area (TPSA) is 48.2 Å². The SMILES string of the molecule is CN=NC=C1C=CN(O)C=C1. The van der Waals surface area contributed by atoms with Gasteiger partial charge < -0.3 is 0 Å². The Labute approximate surface area is 64.8 Å². The monoisotopic (exact) mass is 151 g/mol. The average Bonchev–Trinajstić information content (AvgIpc) is 2.04. The molecule has 4 heteroatoms. The summed E-state index contributed by atoms with van der Waals surface area (Å²) < 4.78 is 0. The smallest absolute Gasteiger partial charge is 0.0564 e. The summed E-state index contributed by atoms with van der Waals surface area (Å²) in [5, 5.41) is 17.0. The minimum absolute atomic E-state index is 0.904. The largest absolute Gasteiger partial charge is 0.285 e. The van der Waals surface area contributed by atoms with Gasteiger partial charge in [-0.1, -0.05) is 0 Å². The van der Waals surface area contributed by atoms with Crippen molar-refractivity contribution in [1.82, 2.24) is 5.06 Å². The van der Waals surface area contributed by atoms with Gasteiger partial charge in [0.25, 0.3) is 0 Å². The Kier molecular flexibility index (Phi) is 2.57. The first-order chi connectivity index (χ1) is 5.33. The molecule has 0 atom stereocenters. The lowest BCUT2D eigenvalue weighted by Gasteiger charge is -2.08. The van der Waals surface area contributed by atoms with Gasteiger partial charge in [0.1, 0.15) is 0 Å².